The van der Waals surface area contributed by atoms with E-state index in [0.717, 1.165) is 40.8 Å². The molecule has 1 N–H and O–H groups in total. The zero-order chi connectivity index (χ0) is 26.1. The molecule has 6 heteroatoms. The molecule has 1 aromatic carbocycles. The molecule has 3 aromatic heterocycles. The minimum atomic E-state index is -0.277. The highest BCUT2D eigenvalue weighted by molar-refractivity contribution is 6.03. The molecule has 1 unspecified atom stereocenters. The summed E-state index contributed by atoms with van der Waals surface area (Å²) in [5.74, 6) is 0.184. The largest absolute Gasteiger partial charge is 0.321 e. The molecule has 0 saturated heterocycles. The van der Waals surface area contributed by atoms with Crippen molar-refractivity contribution < 1.29 is 4.79 Å². The lowest BCUT2D eigenvalue weighted by Crippen LogP contribution is -2.12. The van der Waals surface area contributed by atoms with Crippen molar-refractivity contribution in [3.8, 4) is 6.07 Å². The Kier molecular flexibility index (Phi) is 6.62. The van der Waals surface area contributed by atoms with Crippen LogP contribution in [-0.2, 0) is 11.2 Å². The number of carbonyl (C=O) groups is 1. The molecule has 0 radical (unpaired) electrons. The Morgan fingerprint density at radius 2 is 1.97 bits per heavy atom. The summed E-state index contributed by atoms with van der Waals surface area (Å²) in [4.78, 5) is 22.0. The highest BCUT2D eigenvalue weighted by Gasteiger charge is 2.31. The van der Waals surface area contributed by atoms with Crippen LogP contribution in [0.3, 0.4) is 0 Å². The van der Waals surface area contributed by atoms with E-state index in [1.54, 1.807) is 30.6 Å². The second-order valence-electron chi connectivity index (χ2n) is 10.2. The van der Waals surface area contributed by atoms with Gasteiger partial charge in [-0.1, -0.05) is 52.0 Å². The minimum Gasteiger partial charge on any atom is -0.321 e. The van der Waals surface area contributed by atoms with Gasteiger partial charge in [-0.2, -0.15) is 5.26 Å². The number of aromatic nitrogens is 3. The number of nitriles is 1. The number of nitrogens with one attached hydrogen (secondary N) is 1. The van der Waals surface area contributed by atoms with Gasteiger partial charge in [0.2, 0.25) is 5.91 Å². The summed E-state index contributed by atoms with van der Waals surface area (Å²) in [6.07, 6.45) is 8.41. The molecule has 6 nitrogen and oxygen atoms in total. The molecule has 5 rings (SSSR count). The molecule has 0 fully saturated rings. The van der Waals surface area contributed by atoms with E-state index in [-0.39, 0.29) is 23.8 Å². The summed E-state index contributed by atoms with van der Waals surface area (Å²) in [5.41, 5.74) is 7.42. The number of amides is 1. The number of pyridine rings is 2. The number of anilines is 1. The second kappa shape index (κ2) is 10.0. The Balaban J connectivity index is 1.73. The fourth-order valence-electron chi connectivity index (χ4n) is 5.29. The van der Waals surface area contributed by atoms with Crippen molar-refractivity contribution >= 4 is 28.7 Å². The predicted molar refractivity (Wildman–Crippen MR) is 147 cm³/mol. The highest BCUT2D eigenvalue weighted by Crippen LogP contribution is 2.42. The number of nitrogens with zero attached hydrogens (tertiary/aromatic N) is 4. The fraction of sp³-hybridized carbons (Fsp3) is 0.290. The van der Waals surface area contributed by atoms with E-state index < -0.39 is 0 Å². The van der Waals surface area contributed by atoms with E-state index >= 15 is 0 Å². The summed E-state index contributed by atoms with van der Waals surface area (Å²) in [7, 11) is 0. The molecular weight excluding hydrogens is 458 g/mol. The standard InChI is InChI=1S/C31H31N5O/c1-19(2)24-16-26(20(3)4)35-31-30(24)25(17-32)28(13-14-29(37)34-22-9-7-15-33-18-22)36(31)27-12-11-21-8-5-6-10-23(21)27/h5-10,13-16,18-20,27H,11-12H2,1-4H3,(H,34,37)/b14-13+. The second-order valence-corrected chi connectivity index (χ2v) is 10.2. The number of benzene rings is 1. The van der Waals surface area contributed by atoms with Crippen molar-refractivity contribution in [3.63, 3.8) is 0 Å². The number of rotatable bonds is 6. The molecule has 1 aliphatic rings. The Morgan fingerprint density at radius 3 is 2.68 bits per heavy atom. The molecule has 1 amide bonds. The van der Waals surface area contributed by atoms with Crippen molar-refractivity contribution in [2.75, 3.05) is 5.32 Å². The van der Waals surface area contributed by atoms with Crippen LogP contribution in [-0.4, -0.2) is 20.4 Å². The van der Waals surface area contributed by atoms with Crippen LogP contribution in [0.2, 0.25) is 0 Å². The average Bonchev–Trinajstić information content (AvgIpc) is 3.45. The Labute approximate surface area is 217 Å². The molecule has 0 bridgehead atoms. The van der Waals surface area contributed by atoms with E-state index in [4.69, 9.17) is 4.98 Å². The summed E-state index contributed by atoms with van der Waals surface area (Å²) in [6.45, 7) is 8.59. The molecule has 3 heterocycles. The number of hydrogen-bond acceptors (Lipinski definition) is 4. The third-order valence-corrected chi connectivity index (χ3v) is 7.10. The van der Waals surface area contributed by atoms with Gasteiger partial charge in [0.25, 0.3) is 0 Å². The highest BCUT2D eigenvalue weighted by atomic mass is 16.1. The summed E-state index contributed by atoms with van der Waals surface area (Å²) >= 11 is 0. The Hall–Kier alpha value is -4.24. The van der Waals surface area contributed by atoms with Crippen LogP contribution in [0.15, 0.2) is 60.9 Å². The third kappa shape index (κ3) is 4.53. The first-order valence-corrected chi connectivity index (χ1v) is 12.8. The third-order valence-electron chi connectivity index (χ3n) is 7.10. The molecule has 1 aliphatic carbocycles. The molecule has 37 heavy (non-hydrogen) atoms. The Morgan fingerprint density at radius 1 is 1.16 bits per heavy atom. The maximum atomic E-state index is 12.8. The van der Waals surface area contributed by atoms with Crippen molar-refractivity contribution in [1.82, 2.24) is 14.5 Å². The van der Waals surface area contributed by atoms with Crippen LogP contribution in [0, 0.1) is 11.3 Å². The molecule has 1 atom stereocenters. The van der Waals surface area contributed by atoms with Crippen LogP contribution in [0.25, 0.3) is 17.1 Å². The first-order chi connectivity index (χ1) is 17.9. The van der Waals surface area contributed by atoms with Crippen LogP contribution >= 0.6 is 0 Å². The van der Waals surface area contributed by atoms with Gasteiger partial charge in [-0.25, -0.2) is 4.98 Å². The van der Waals surface area contributed by atoms with Crippen molar-refractivity contribution in [2.45, 2.75) is 58.4 Å². The first-order valence-electron chi connectivity index (χ1n) is 12.8. The first kappa shape index (κ1) is 24.5. The van der Waals surface area contributed by atoms with E-state index in [9.17, 15) is 10.1 Å². The van der Waals surface area contributed by atoms with Crippen LogP contribution < -0.4 is 5.32 Å². The lowest BCUT2D eigenvalue weighted by atomic mass is 9.95. The van der Waals surface area contributed by atoms with E-state index in [1.807, 2.05) is 0 Å². The Bertz CT molecular complexity index is 1540. The van der Waals surface area contributed by atoms with Crippen molar-refractivity contribution in [1.29, 1.82) is 5.26 Å². The molecule has 0 saturated carbocycles. The SMILES string of the molecule is CC(C)c1cc(C(C)C)c2c(C#N)c(/C=C/C(=O)Nc3cccnc3)n(C3CCc4ccccc43)c2n1. The predicted octanol–water partition coefficient (Wildman–Crippen LogP) is 6.74. The lowest BCUT2D eigenvalue weighted by molar-refractivity contribution is -0.111. The number of fused-ring (bicyclic) bond motifs is 2. The van der Waals surface area contributed by atoms with Gasteiger partial charge < -0.3 is 9.88 Å². The molecule has 4 aromatic rings. The fourth-order valence-corrected chi connectivity index (χ4v) is 5.29. The number of carbonyl (C=O) groups excluding carboxylic acids is 1. The average molecular weight is 490 g/mol. The minimum absolute atomic E-state index is 0.0387. The van der Waals surface area contributed by atoms with Crippen molar-refractivity contribution in [3.05, 3.63) is 94.6 Å². The monoisotopic (exact) mass is 489 g/mol. The normalized spacial score (nSPS) is 15.0. The van der Waals surface area contributed by atoms with E-state index in [0.29, 0.717) is 11.3 Å². The summed E-state index contributed by atoms with van der Waals surface area (Å²) in [6, 6.07) is 16.7. The van der Waals surface area contributed by atoms with Crippen LogP contribution in [0.5, 0.6) is 0 Å². The molecule has 0 spiro atoms. The summed E-state index contributed by atoms with van der Waals surface area (Å²) < 4.78 is 2.20. The van der Waals surface area contributed by atoms with Gasteiger partial charge in [0.05, 0.1) is 29.2 Å². The summed E-state index contributed by atoms with van der Waals surface area (Å²) in [5, 5.41) is 14.2. The van der Waals surface area contributed by atoms with Gasteiger partial charge in [-0.3, -0.25) is 9.78 Å². The van der Waals surface area contributed by atoms with Crippen molar-refractivity contribution in [2.24, 2.45) is 0 Å². The molecule has 0 aliphatic heterocycles. The zero-order valence-electron chi connectivity index (χ0n) is 21.7. The topological polar surface area (TPSA) is 83.6 Å². The number of aryl methyl sites for hydroxylation is 1. The zero-order valence-corrected chi connectivity index (χ0v) is 21.7. The van der Waals surface area contributed by atoms with E-state index in [2.05, 4.69) is 79.0 Å². The van der Waals surface area contributed by atoms with Gasteiger partial charge in [-0.15, -0.1) is 0 Å². The van der Waals surface area contributed by atoms with Gasteiger partial charge in [0.1, 0.15) is 11.7 Å². The maximum absolute atomic E-state index is 12.8. The quantitative estimate of drug-likeness (QED) is 0.304. The van der Waals surface area contributed by atoms with Crippen LogP contribution in [0.1, 0.15) is 85.6 Å². The van der Waals surface area contributed by atoms with Crippen LogP contribution in [0.4, 0.5) is 5.69 Å². The van der Waals surface area contributed by atoms with Gasteiger partial charge in [0.15, 0.2) is 0 Å². The van der Waals surface area contributed by atoms with Gasteiger partial charge in [-0.05, 0) is 65.6 Å². The van der Waals surface area contributed by atoms with E-state index in [1.165, 1.54) is 17.2 Å². The maximum Gasteiger partial charge on any atom is 0.248 e. The lowest BCUT2D eigenvalue weighted by Gasteiger charge is -2.19. The molecule has 186 valence electrons. The van der Waals surface area contributed by atoms with Gasteiger partial charge >= 0.3 is 0 Å². The smallest absolute Gasteiger partial charge is 0.248 e. The van der Waals surface area contributed by atoms with Gasteiger partial charge in [0, 0.05) is 23.4 Å². The molecular formula is C31H31N5O. The number of hydrogen-bond donors (Lipinski definition) is 1.